The van der Waals surface area contributed by atoms with Crippen LogP contribution < -0.4 is 5.73 Å². The van der Waals surface area contributed by atoms with E-state index in [9.17, 15) is 0 Å². The average molecular weight is 259 g/mol. The molecule has 0 bridgehead atoms. The van der Waals surface area contributed by atoms with Gasteiger partial charge in [-0.25, -0.2) is 0 Å². The highest BCUT2D eigenvalue weighted by Crippen LogP contribution is 2.19. The van der Waals surface area contributed by atoms with Gasteiger partial charge in [-0.3, -0.25) is 14.6 Å². The molecule has 2 rings (SSSR count). The molecule has 0 aliphatic heterocycles. The van der Waals surface area contributed by atoms with E-state index in [2.05, 4.69) is 22.0 Å². The van der Waals surface area contributed by atoms with Gasteiger partial charge < -0.3 is 5.73 Å². The Morgan fingerprint density at radius 1 is 1.42 bits per heavy atom. The summed E-state index contributed by atoms with van der Waals surface area (Å²) in [6, 6.07) is 6.24. The largest absolute Gasteiger partial charge is 0.329 e. The first-order valence-electron chi connectivity index (χ1n) is 6.41. The molecule has 0 amide bonds. The maximum atomic E-state index is 5.90. The van der Waals surface area contributed by atoms with Crippen molar-refractivity contribution in [2.75, 3.05) is 13.6 Å². The van der Waals surface area contributed by atoms with Gasteiger partial charge >= 0.3 is 0 Å². The normalized spacial score (nSPS) is 12.9. The van der Waals surface area contributed by atoms with Gasteiger partial charge in [-0.2, -0.15) is 5.10 Å². The highest BCUT2D eigenvalue weighted by atomic mass is 15.2. The van der Waals surface area contributed by atoms with Gasteiger partial charge in [0.2, 0.25) is 0 Å². The molecular formula is C14H21N5. The lowest BCUT2D eigenvalue weighted by atomic mass is 10.1. The zero-order valence-corrected chi connectivity index (χ0v) is 11.7. The minimum Gasteiger partial charge on any atom is -0.329 e. The van der Waals surface area contributed by atoms with E-state index in [1.807, 2.05) is 44.6 Å². The highest BCUT2D eigenvalue weighted by Gasteiger charge is 2.17. The number of likely N-dealkylation sites (N-methyl/N-ethyl adjacent to an activating group) is 1. The molecule has 0 aliphatic rings. The quantitative estimate of drug-likeness (QED) is 0.878. The van der Waals surface area contributed by atoms with E-state index in [0.29, 0.717) is 6.54 Å². The predicted octanol–water partition coefficient (Wildman–Crippen LogP) is 1.26. The first-order chi connectivity index (χ1) is 9.10. The summed E-state index contributed by atoms with van der Waals surface area (Å²) < 4.78 is 1.80. The molecule has 0 spiro atoms. The van der Waals surface area contributed by atoms with Crippen LogP contribution in [0.15, 0.2) is 30.6 Å². The molecule has 5 heteroatoms. The highest BCUT2D eigenvalue weighted by molar-refractivity contribution is 5.13. The van der Waals surface area contributed by atoms with E-state index in [1.165, 1.54) is 0 Å². The van der Waals surface area contributed by atoms with Crippen LogP contribution in [-0.4, -0.2) is 33.3 Å². The molecule has 0 fully saturated rings. The summed E-state index contributed by atoms with van der Waals surface area (Å²) in [6.07, 6.45) is 3.88. The van der Waals surface area contributed by atoms with Gasteiger partial charge in [0.25, 0.3) is 0 Å². The molecule has 0 radical (unpaired) electrons. The van der Waals surface area contributed by atoms with Gasteiger partial charge in [0.1, 0.15) is 0 Å². The fraction of sp³-hybridized carbons (Fsp3) is 0.429. The van der Waals surface area contributed by atoms with Crippen LogP contribution in [0.5, 0.6) is 0 Å². The van der Waals surface area contributed by atoms with Crippen molar-refractivity contribution in [3.05, 3.63) is 47.5 Å². The fourth-order valence-corrected chi connectivity index (χ4v) is 2.24. The molecule has 2 heterocycles. The van der Waals surface area contributed by atoms with Gasteiger partial charge in [-0.05, 0) is 26.1 Å². The molecule has 0 aliphatic carbocycles. The van der Waals surface area contributed by atoms with Gasteiger partial charge in [-0.1, -0.05) is 6.07 Å². The van der Waals surface area contributed by atoms with E-state index >= 15 is 0 Å². The number of nitrogens with two attached hydrogens (primary N) is 1. The average Bonchev–Trinajstić information content (AvgIpc) is 2.76. The summed E-state index contributed by atoms with van der Waals surface area (Å²) in [6.45, 7) is 3.34. The Morgan fingerprint density at radius 2 is 2.21 bits per heavy atom. The maximum Gasteiger partial charge on any atom is 0.0547 e. The second-order valence-corrected chi connectivity index (χ2v) is 4.88. The van der Waals surface area contributed by atoms with E-state index in [4.69, 9.17) is 5.73 Å². The topological polar surface area (TPSA) is 60.0 Å². The van der Waals surface area contributed by atoms with Crippen molar-refractivity contribution < 1.29 is 0 Å². The molecule has 5 nitrogen and oxygen atoms in total. The van der Waals surface area contributed by atoms with Crippen molar-refractivity contribution in [1.29, 1.82) is 0 Å². The Hall–Kier alpha value is -1.72. The Kier molecular flexibility index (Phi) is 4.29. The summed E-state index contributed by atoms with van der Waals surface area (Å²) in [5.41, 5.74) is 9.14. The standard InChI is InChI=1S/C14H21N5/c1-11-5-4-6-13(17-11)10-18(2)14(7-15)12-8-16-19(3)9-12/h4-6,8-9,14H,7,10,15H2,1-3H3. The van der Waals surface area contributed by atoms with Crippen molar-refractivity contribution in [2.45, 2.75) is 19.5 Å². The van der Waals surface area contributed by atoms with E-state index in [1.54, 1.807) is 4.68 Å². The summed E-state index contributed by atoms with van der Waals surface area (Å²) >= 11 is 0. The molecule has 2 aromatic heterocycles. The lowest BCUT2D eigenvalue weighted by Gasteiger charge is -2.25. The Morgan fingerprint density at radius 3 is 2.79 bits per heavy atom. The summed E-state index contributed by atoms with van der Waals surface area (Å²) in [5, 5.41) is 4.21. The number of nitrogens with zero attached hydrogens (tertiary/aromatic N) is 4. The van der Waals surface area contributed by atoms with E-state index < -0.39 is 0 Å². The van der Waals surface area contributed by atoms with Crippen molar-refractivity contribution in [3.8, 4) is 0 Å². The van der Waals surface area contributed by atoms with Crippen molar-refractivity contribution >= 4 is 0 Å². The smallest absolute Gasteiger partial charge is 0.0547 e. The third-order valence-electron chi connectivity index (χ3n) is 3.22. The number of hydrogen-bond acceptors (Lipinski definition) is 4. The second-order valence-electron chi connectivity index (χ2n) is 4.88. The van der Waals surface area contributed by atoms with Crippen LogP contribution in [0, 0.1) is 6.92 Å². The molecule has 2 aromatic rings. The minimum atomic E-state index is 0.163. The first kappa shape index (κ1) is 13.7. The second kappa shape index (κ2) is 5.95. The van der Waals surface area contributed by atoms with Crippen LogP contribution in [0.2, 0.25) is 0 Å². The summed E-state index contributed by atoms with van der Waals surface area (Å²) in [4.78, 5) is 6.73. The Bertz CT molecular complexity index is 534. The number of aromatic nitrogens is 3. The Labute approximate surface area is 114 Å². The summed E-state index contributed by atoms with van der Waals surface area (Å²) in [7, 11) is 3.98. The predicted molar refractivity (Wildman–Crippen MR) is 75.4 cm³/mol. The monoisotopic (exact) mass is 259 g/mol. The zero-order chi connectivity index (χ0) is 13.8. The number of aryl methyl sites for hydroxylation is 2. The van der Waals surface area contributed by atoms with E-state index in [0.717, 1.165) is 23.5 Å². The van der Waals surface area contributed by atoms with E-state index in [-0.39, 0.29) is 6.04 Å². The Balaban J connectivity index is 2.11. The lowest BCUT2D eigenvalue weighted by Crippen LogP contribution is -2.30. The van der Waals surface area contributed by atoms with Crippen LogP contribution in [0.4, 0.5) is 0 Å². The number of hydrogen-bond donors (Lipinski definition) is 1. The molecule has 1 unspecified atom stereocenters. The van der Waals surface area contributed by atoms with Crippen molar-refractivity contribution in [1.82, 2.24) is 19.7 Å². The van der Waals surface area contributed by atoms with Crippen LogP contribution in [0.25, 0.3) is 0 Å². The third kappa shape index (κ3) is 3.39. The van der Waals surface area contributed by atoms with Crippen LogP contribution >= 0.6 is 0 Å². The van der Waals surface area contributed by atoms with Crippen LogP contribution in [-0.2, 0) is 13.6 Å². The lowest BCUT2D eigenvalue weighted by molar-refractivity contribution is 0.239. The van der Waals surface area contributed by atoms with Gasteiger partial charge in [-0.15, -0.1) is 0 Å². The van der Waals surface area contributed by atoms with Gasteiger partial charge in [0.15, 0.2) is 0 Å². The molecular weight excluding hydrogens is 238 g/mol. The third-order valence-corrected chi connectivity index (χ3v) is 3.22. The molecule has 2 N–H and O–H groups in total. The van der Waals surface area contributed by atoms with Crippen LogP contribution in [0.1, 0.15) is 23.0 Å². The molecule has 0 saturated carbocycles. The van der Waals surface area contributed by atoms with Gasteiger partial charge in [0, 0.05) is 37.6 Å². The SMILES string of the molecule is Cc1cccc(CN(C)C(CN)c2cnn(C)c2)n1. The first-order valence-corrected chi connectivity index (χ1v) is 6.41. The zero-order valence-electron chi connectivity index (χ0n) is 11.7. The molecule has 19 heavy (non-hydrogen) atoms. The minimum absolute atomic E-state index is 0.163. The van der Waals surface area contributed by atoms with Crippen molar-refractivity contribution in [2.24, 2.45) is 12.8 Å². The van der Waals surface area contributed by atoms with Gasteiger partial charge in [0.05, 0.1) is 17.9 Å². The molecule has 0 saturated heterocycles. The summed E-state index contributed by atoms with van der Waals surface area (Å²) in [5.74, 6) is 0. The number of pyridine rings is 1. The fourth-order valence-electron chi connectivity index (χ4n) is 2.24. The molecule has 102 valence electrons. The molecule has 0 aromatic carbocycles. The van der Waals surface area contributed by atoms with Crippen LogP contribution in [0.3, 0.4) is 0 Å². The van der Waals surface area contributed by atoms with Crippen molar-refractivity contribution in [3.63, 3.8) is 0 Å². The molecule has 1 atom stereocenters. The maximum absolute atomic E-state index is 5.90. The number of rotatable bonds is 5.